The van der Waals surface area contributed by atoms with E-state index >= 15 is 0 Å². The molecule has 0 saturated carbocycles. The molecular weight excluding hydrogens is 236 g/mol. The molecule has 1 N–H and O–H groups in total. The van der Waals surface area contributed by atoms with Gasteiger partial charge in [-0.1, -0.05) is 17.7 Å². The van der Waals surface area contributed by atoms with Crippen molar-refractivity contribution in [1.82, 2.24) is 10.2 Å². The molecule has 0 bridgehead atoms. The van der Waals surface area contributed by atoms with E-state index in [0.717, 1.165) is 24.2 Å². The summed E-state index contributed by atoms with van der Waals surface area (Å²) in [6.45, 7) is 5.55. The number of benzene rings is 1. The number of nitrogens with zero attached hydrogens (tertiary/aromatic N) is 1. The Labute approximate surface area is 110 Å². The van der Waals surface area contributed by atoms with Gasteiger partial charge in [0.2, 0.25) is 0 Å². The average Bonchev–Trinajstić information content (AvgIpc) is 2.25. The van der Waals surface area contributed by atoms with Gasteiger partial charge in [0, 0.05) is 25.7 Å². The summed E-state index contributed by atoms with van der Waals surface area (Å²) in [6, 6.07) is 5.92. The van der Waals surface area contributed by atoms with E-state index in [1.54, 1.807) is 4.90 Å². The van der Waals surface area contributed by atoms with Crippen LogP contribution in [0.4, 0.5) is 0 Å². The molecule has 17 heavy (non-hydrogen) atoms. The van der Waals surface area contributed by atoms with Crippen molar-refractivity contribution in [1.29, 1.82) is 0 Å². The van der Waals surface area contributed by atoms with Crippen LogP contribution in [0.3, 0.4) is 0 Å². The van der Waals surface area contributed by atoms with Crippen molar-refractivity contribution in [2.45, 2.75) is 13.8 Å². The van der Waals surface area contributed by atoms with Gasteiger partial charge in [-0.25, -0.2) is 0 Å². The molecule has 0 atom stereocenters. The van der Waals surface area contributed by atoms with Crippen molar-refractivity contribution in [2.24, 2.45) is 0 Å². The lowest BCUT2D eigenvalue weighted by molar-refractivity contribution is 0.0796. The lowest BCUT2D eigenvalue weighted by Gasteiger charge is -2.18. The number of likely N-dealkylation sites (N-methyl/N-ethyl adjacent to an activating group) is 2. The van der Waals surface area contributed by atoms with Gasteiger partial charge in [0.05, 0.1) is 0 Å². The zero-order chi connectivity index (χ0) is 12.1. The van der Waals surface area contributed by atoms with Crippen LogP contribution in [0.1, 0.15) is 21.5 Å². The van der Waals surface area contributed by atoms with E-state index in [4.69, 9.17) is 0 Å². The number of aryl methyl sites for hydroxylation is 2. The van der Waals surface area contributed by atoms with Crippen molar-refractivity contribution in [2.75, 3.05) is 27.2 Å². The van der Waals surface area contributed by atoms with Gasteiger partial charge >= 0.3 is 0 Å². The third-order valence-electron chi connectivity index (χ3n) is 2.66. The third-order valence-corrected chi connectivity index (χ3v) is 2.66. The van der Waals surface area contributed by atoms with Gasteiger partial charge in [-0.3, -0.25) is 4.79 Å². The first kappa shape index (κ1) is 15.9. The first-order valence-electron chi connectivity index (χ1n) is 5.53. The van der Waals surface area contributed by atoms with Gasteiger partial charge in [0.25, 0.3) is 5.91 Å². The van der Waals surface area contributed by atoms with Crippen LogP contribution < -0.4 is 5.32 Å². The number of carbonyl (C=O) groups is 1. The van der Waals surface area contributed by atoms with E-state index in [1.165, 1.54) is 5.56 Å². The van der Waals surface area contributed by atoms with E-state index in [0.29, 0.717) is 0 Å². The van der Waals surface area contributed by atoms with Crippen molar-refractivity contribution in [3.05, 3.63) is 34.9 Å². The van der Waals surface area contributed by atoms with Crippen molar-refractivity contribution < 1.29 is 4.79 Å². The number of halogens is 1. The molecule has 1 amide bonds. The van der Waals surface area contributed by atoms with Crippen molar-refractivity contribution in [3.63, 3.8) is 0 Å². The van der Waals surface area contributed by atoms with Crippen LogP contribution in [0.5, 0.6) is 0 Å². The molecule has 0 aliphatic heterocycles. The molecule has 0 aliphatic carbocycles. The maximum absolute atomic E-state index is 12.1. The second-order valence-corrected chi connectivity index (χ2v) is 4.15. The Kier molecular flexibility index (Phi) is 6.85. The van der Waals surface area contributed by atoms with Gasteiger partial charge < -0.3 is 10.2 Å². The van der Waals surface area contributed by atoms with Gasteiger partial charge in [-0.15, -0.1) is 12.4 Å². The molecule has 0 heterocycles. The van der Waals surface area contributed by atoms with E-state index in [2.05, 4.69) is 5.32 Å². The monoisotopic (exact) mass is 256 g/mol. The van der Waals surface area contributed by atoms with E-state index < -0.39 is 0 Å². The van der Waals surface area contributed by atoms with Crippen LogP contribution in [0, 0.1) is 13.8 Å². The molecule has 3 nitrogen and oxygen atoms in total. The maximum atomic E-state index is 12.1. The highest BCUT2D eigenvalue weighted by molar-refractivity contribution is 5.95. The van der Waals surface area contributed by atoms with Crippen LogP contribution in [-0.2, 0) is 0 Å². The Balaban J connectivity index is 0.00000256. The lowest BCUT2D eigenvalue weighted by atomic mass is 10.0. The standard InChI is InChI=1S/C13H20N2O.ClH/c1-10-5-6-12(11(2)9-10)13(16)15(4)8-7-14-3;/h5-6,9,14H,7-8H2,1-4H3;1H. The molecule has 0 aliphatic rings. The fourth-order valence-electron chi connectivity index (χ4n) is 1.64. The fraction of sp³-hybridized carbons (Fsp3) is 0.462. The second kappa shape index (κ2) is 7.30. The highest BCUT2D eigenvalue weighted by Gasteiger charge is 2.13. The minimum Gasteiger partial charge on any atom is -0.340 e. The summed E-state index contributed by atoms with van der Waals surface area (Å²) in [7, 11) is 3.72. The molecule has 0 radical (unpaired) electrons. The van der Waals surface area contributed by atoms with Gasteiger partial charge in [0.15, 0.2) is 0 Å². The van der Waals surface area contributed by atoms with Gasteiger partial charge in [0.1, 0.15) is 0 Å². The van der Waals surface area contributed by atoms with Crippen LogP contribution >= 0.6 is 12.4 Å². The van der Waals surface area contributed by atoms with Crippen LogP contribution in [0.15, 0.2) is 18.2 Å². The van der Waals surface area contributed by atoms with E-state index in [9.17, 15) is 4.79 Å². The normalized spacial score (nSPS) is 9.65. The smallest absolute Gasteiger partial charge is 0.253 e. The molecular formula is C13H21ClN2O. The fourth-order valence-corrected chi connectivity index (χ4v) is 1.64. The zero-order valence-corrected chi connectivity index (χ0v) is 11.7. The molecule has 0 saturated heterocycles. The minimum absolute atomic E-state index is 0. The van der Waals surface area contributed by atoms with Gasteiger partial charge in [-0.2, -0.15) is 0 Å². The van der Waals surface area contributed by atoms with Crippen LogP contribution in [-0.4, -0.2) is 38.0 Å². The van der Waals surface area contributed by atoms with Crippen LogP contribution in [0.25, 0.3) is 0 Å². The first-order chi connectivity index (χ1) is 7.56. The molecule has 1 aromatic carbocycles. The summed E-state index contributed by atoms with van der Waals surface area (Å²) >= 11 is 0. The Morgan fingerprint density at radius 2 is 2.00 bits per heavy atom. The number of rotatable bonds is 4. The predicted octanol–water partition coefficient (Wildman–Crippen LogP) is 2.02. The number of nitrogens with one attached hydrogen (secondary N) is 1. The molecule has 96 valence electrons. The Morgan fingerprint density at radius 1 is 1.35 bits per heavy atom. The molecule has 1 rings (SSSR count). The minimum atomic E-state index is 0. The summed E-state index contributed by atoms with van der Waals surface area (Å²) in [5.41, 5.74) is 3.03. The summed E-state index contributed by atoms with van der Waals surface area (Å²) in [5, 5.41) is 3.03. The average molecular weight is 257 g/mol. The Bertz CT molecular complexity index is 380. The molecule has 4 heteroatoms. The van der Waals surface area contributed by atoms with Gasteiger partial charge in [-0.05, 0) is 32.5 Å². The predicted molar refractivity (Wildman–Crippen MR) is 74.1 cm³/mol. The molecule has 0 unspecified atom stereocenters. The summed E-state index contributed by atoms with van der Waals surface area (Å²) < 4.78 is 0. The molecule has 0 fully saturated rings. The van der Waals surface area contributed by atoms with Crippen molar-refractivity contribution >= 4 is 18.3 Å². The summed E-state index contributed by atoms with van der Waals surface area (Å²) in [4.78, 5) is 13.8. The summed E-state index contributed by atoms with van der Waals surface area (Å²) in [5.74, 6) is 0.0905. The lowest BCUT2D eigenvalue weighted by Crippen LogP contribution is -2.33. The summed E-state index contributed by atoms with van der Waals surface area (Å²) in [6.07, 6.45) is 0. The molecule has 0 aromatic heterocycles. The number of carbonyl (C=O) groups excluding carboxylic acids is 1. The Hall–Kier alpha value is -1.06. The molecule has 0 spiro atoms. The van der Waals surface area contributed by atoms with E-state index in [-0.39, 0.29) is 18.3 Å². The second-order valence-electron chi connectivity index (χ2n) is 4.15. The topological polar surface area (TPSA) is 32.3 Å². The highest BCUT2D eigenvalue weighted by atomic mass is 35.5. The quantitative estimate of drug-likeness (QED) is 0.894. The number of hydrogen-bond donors (Lipinski definition) is 1. The Morgan fingerprint density at radius 3 is 2.53 bits per heavy atom. The zero-order valence-electron chi connectivity index (χ0n) is 10.9. The van der Waals surface area contributed by atoms with Crippen molar-refractivity contribution in [3.8, 4) is 0 Å². The number of hydrogen-bond acceptors (Lipinski definition) is 2. The first-order valence-corrected chi connectivity index (χ1v) is 5.53. The third kappa shape index (κ3) is 4.36. The SMILES string of the molecule is CNCCN(C)C(=O)c1ccc(C)cc1C.Cl. The largest absolute Gasteiger partial charge is 0.340 e. The maximum Gasteiger partial charge on any atom is 0.253 e. The molecule has 1 aromatic rings. The van der Waals surface area contributed by atoms with E-state index in [1.807, 2.05) is 46.1 Å². The highest BCUT2D eigenvalue weighted by Crippen LogP contribution is 2.12. The number of amides is 1. The van der Waals surface area contributed by atoms with Crippen LogP contribution in [0.2, 0.25) is 0 Å².